The molecule has 5 nitrogen and oxygen atoms in total. The molecule has 1 amide bonds. The molecule has 1 fully saturated rings. The average molecular weight is 431 g/mol. The predicted octanol–water partition coefficient (Wildman–Crippen LogP) is 5.03. The monoisotopic (exact) mass is 431 g/mol. The van der Waals surface area contributed by atoms with Crippen LogP contribution in [0.25, 0.3) is 5.57 Å². The largest absolute Gasteiger partial charge is 0.418 e. The molecule has 2 aromatic rings. The highest BCUT2D eigenvalue weighted by atomic mass is 19.4. The van der Waals surface area contributed by atoms with Gasteiger partial charge in [0.05, 0.1) is 23.3 Å². The highest BCUT2D eigenvalue weighted by molar-refractivity contribution is 6.32. The molecule has 2 N–H and O–H groups in total. The molecule has 2 aromatic carbocycles. The van der Waals surface area contributed by atoms with Gasteiger partial charge in [0.15, 0.2) is 0 Å². The third kappa shape index (κ3) is 4.25. The number of morpholine rings is 1. The molecule has 2 unspecified atom stereocenters. The first kappa shape index (κ1) is 21.2. The second kappa shape index (κ2) is 7.92. The summed E-state index contributed by atoms with van der Waals surface area (Å²) in [7, 11) is 0. The fourth-order valence-corrected chi connectivity index (χ4v) is 4.23. The number of nitrogens with one attached hydrogen (secondary N) is 2. The summed E-state index contributed by atoms with van der Waals surface area (Å²) in [5.41, 5.74) is 2.42. The van der Waals surface area contributed by atoms with Gasteiger partial charge in [-0.25, -0.2) is 0 Å². The molecule has 0 bridgehead atoms. The van der Waals surface area contributed by atoms with Crippen molar-refractivity contribution in [2.45, 2.75) is 39.2 Å². The lowest BCUT2D eigenvalue weighted by Crippen LogP contribution is -2.46. The zero-order valence-corrected chi connectivity index (χ0v) is 17.5. The fourth-order valence-electron chi connectivity index (χ4n) is 4.23. The van der Waals surface area contributed by atoms with Crippen molar-refractivity contribution >= 4 is 28.5 Å². The first-order valence-electron chi connectivity index (χ1n) is 10.1. The number of benzene rings is 2. The van der Waals surface area contributed by atoms with Crippen molar-refractivity contribution in [2.24, 2.45) is 0 Å². The van der Waals surface area contributed by atoms with Crippen LogP contribution in [0.5, 0.6) is 0 Å². The van der Waals surface area contributed by atoms with E-state index in [0.29, 0.717) is 24.4 Å². The van der Waals surface area contributed by atoms with Crippen molar-refractivity contribution in [3.05, 3.63) is 59.3 Å². The molecule has 2 aliphatic rings. The van der Waals surface area contributed by atoms with Crippen LogP contribution in [0.2, 0.25) is 0 Å². The van der Waals surface area contributed by atoms with E-state index in [1.54, 1.807) is 17.0 Å². The van der Waals surface area contributed by atoms with E-state index < -0.39 is 11.7 Å². The van der Waals surface area contributed by atoms with E-state index in [9.17, 15) is 18.0 Å². The Balaban J connectivity index is 1.65. The van der Waals surface area contributed by atoms with E-state index in [1.165, 1.54) is 12.3 Å². The van der Waals surface area contributed by atoms with Crippen molar-refractivity contribution in [1.82, 2.24) is 0 Å². The molecule has 0 aliphatic carbocycles. The Morgan fingerprint density at radius 3 is 2.55 bits per heavy atom. The van der Waals surface area contributed by atoms with Crippen molar-refractivity contribution in [2.75, 3.05) is 28.6 Å². The predicted molar refractivity (Wildman–Crippen MR) is 115 cm³/mol. The molecule has 2 aliphatic heterocycles. The molecule has 0 aromatic heterocycles. The van der Waals surface area contributed by atoms with Crippen LogP contribution in [0.15, 0.2) is 42.6 Å². The molecule has 1 saturated heterocycles. The van der Waals surface area contributed by atoms with Gasteiger partial charge in [0.1, 0.15) is 0 Å². The summed E-state index contributed by atoms with van der Waals surface area (Å²) in [6.07, 6.45) is -3.37. The number of halogens is 3. The third-order valence-electron chi connectivity index (χ3n) is 5.48. The van der Waals surface area contributed by atoms with E-state index >= 15 is 0 Å². The summed E-state index contributed by atoms with van der Waals surface area (Å²) in [6, 6.07) is 9.67. The van der Waals surface area contributed by atoms with Crippen molar-refractivity contribution < 1.29 is 22.7 Å². The Morgan fingerprint density at radius 2 is 1.87 bits per heavy atom. The average Bonchev–Trinajstić information content (AvgIpc) is 3.01. The summed E-state index contributed by atoms with van der Waals surface area (Å²) < 4.78 is 47.2. The van der Waals surface area contributed by atoms with Gasteiger partial charge in [-0.15, -0.1) is 0 Å². The summed E-state index contributed by atoms with van der Waals surface area (Å²) in [4.78, 5) is 14.1. The number of ether oxygens (including phenoxy) is 1. The number of carbonyl (C=O) groups excluding carboxylic acids is 1. The smallest absolute Gasteiger partial charge is 0.372 e. The Labute approximate surface area is 178 Å². The number of nitrogens with zero attached hydrogens (tertiary/aromatic N) is 1. The van der Waals surface area contributed by atoms with Gasteiger partial charge in [-0.2, -0.15) is 13.2 Å². The van der Waals surface area contributed by atoms with Crippen LogP contribution in [-0.4, -0.2) is 31.2 Å². The number of hydrogen-bond donors (Lipinski definition) is 2. The molecular weight excluding hydrogens is 407 g/mol. The maximum absolute atomic E-state index is 13.9. The molecule has 0 spiro atoms. The van der Waals surface area contributed by atoms with Gasteiger partial charge in [-0.1, -0.05) is 12.1 Å². The van der Waals surface area contributed by atoms with E-state index in [2.05, 4.69) is 10.6 Å². The summed E-state index contributed by atoms with van der Waals surface area (Å²) in [6.45, 7) is 6.36. The zero-order chi connectivity index (χ0) is 22.3. The number of fused-ring (bicyclic) bond motifs is 1. The quantitative estimate of drug-likeness (QED) is 0.670. The first-order chi connectivity index (χ1) is 14.6. The normalized spacial score (nSPS) is 22.5. The first-order valence-corrected chi connectivity index (χ1v) is 10.1. The van der Waals surface area contributed by atoms with Crippen LogP contribution in [0.3, 0.4) is 0 Å². The lowest BCUT2D eigenvalue weighted by atomic mass is 10.0. The Morgan fingerprint density at radius 1 is 1.16 bits per heavy atom. The molecule has 4 rings (SSSR count). The summed E-state index contributed by atoms with van der Waals surface area (Å²) >= 11 is 0. The highest BCUT2D eigenvalue weighted by Gasteiger charge is 2.36. The molecule has 2 atom stereocenters. The second-order valence-corrected chi connectivity index (χ2v) is 8.05. The minimum absolute atomic E-state index is 0.132. The van der Waals surface area contributed by atoms with Gasteiger partial charge in [-0.3, -0.25) is 4.79 Å². The van der Waals surface area contributed by atoms with Gasteiger partial charge in [0.25, 0.3) is 5.91 Å². The number of anilines is 3. The number of carbonyl (C=O) groups is 1. The minimum atomic E-state index is -4.52. The number of hydrogen-bond acceptors (Lipinski definition) is 4. The van der Waals surface area contributed by atoms with E-state index in [4.69, 9.17) is 4.74 Å². The molecule has 31 heavy (non-hydrogen) atoms. The van der Waals surface area contributed by atoms with Crippen LogP contribution in [0, 0.1) is 6.92 Å². The molecular formula is C23H24F3N3O2. The van der Waals surface area contributed by atoms with Crippen LogP contribution in [0.4, 0.5) is 30.2 Å². The van der Waals surface area contributed by atoms with Crippen LogP contribution < -0.4 is 15.5 Å². The highest BCUT2D eigenvalue weighted by Crippen LogP contribution is 2.40. The topological polar surface area (TPSA) is 53.6 Å². The van der Waals surface area contributed by atoms with Gasteiger partial charge < -0.3 is 20.3 Å². The van der Waals surface area contributed by atoms with Crippen molar-refractivity contribution in [3.63, 3.8) is 0 Å². The van der Waals surface area contributed by atoms with Gasteiger partial charge >= 0.3 is 6.18 Å². The SMILES string of the molecule is Cc1cccc2c1/C(=C\Nc1ccc(N3CC(C)OC(C)C3)c(C(F)(F)F)c1)C(=O)N2. The van der Waals surface area contributed by atoms with Crippen molar-refractivity contribution in [3.8, 4) is 0 Å². The maximum Gasteiger partial charge on any atom is 0.418 e. The molecule has 0 radical (unpaired) electrons. The lowest BCUT2D eigenvalue weighted by molar-refractivity contribution is -0.137. The maximum atomic E-state index is 13.9. The van der Waals surface area contributed by atoms with Crippen molar-refractivity contribution in [1.29, 1.82) is 0 Å². The second-order valence-electron chi connectivity index (χ2n) is 8.05. The van der Waals surface area contributed by atoms with E-state index in [0.717, 1.165) is 17.2 Å². The van der Waals surface area contributed by atoms with Crippen LogP contribution >= 0.6 is 0 Å². The number of amides is 1. The van der Waals surface area contributed by atoms with Crippen LogP contribution in [0.1, 0.15) is 30.5 Å². The lowest BCUT2D eigenvalue weighted by Gasteiger charge is -2.38. The number of rotatable bonds is 3. The third-order valence-corrected chi connectivity index (χ3v) is 5.48. The van der Waals surface area contributed by atoms with E-state index in [-0.39, 0.29) is 29.5 Å². The summed E-state index contributed by atoms with van der Waals surface area (Å²) in [5, 5.41) is 5.65. The Hall–Kier alpha value is -3.00. The number of alkyl halides is 3. The molecule has 2 heterocycles. The van der Waals surface area contributed by atoms with Gasteiger partial charge in [0.2, 0.25) is 0 Å². The standard InChI is InChI=1S/C23H24F3N3O2/c1-13-5-4-6-19-21(13)17(22(30)28-19)10-27-16-7-8-20(18(9-16)23(24,25)26)29-11-14(2)31-15(3)12-29/h4-10,14-15,27H,11-12H2,1-3H3,(H,28,30)/b17-10+. The number of aryl methyl sites for hydroxylation is 1. The summed E-state index contributed by atoms with van der Waals surface area (Å²) in [5.74, 6) is -0.291. The zero-order valence-electron chi connectivity index (χ0n) is 17.5. The molecule has 8 heteroatoms. The molecule has 164 valence electrons. The van der Waals surface area contributed by atoms with Gasteiger partial charge in [0, 0.05) is 41.9 Å². The fraction of sp³-hybridized carbons (Fsp3) is 0.348. The molecule has 0 saturated carbocycles. The van der Waals surface area contributed by atoms with E-state index in [1.807, 2.05) is 32.9 Å². The minimum Gasteiger partial charge on any atom is -0.372 e. The van der Waals surface area contributed by atoms with Gasteiger partial charge in [-0.05, 0) is 50.6 Å². The Bertz CT molecular complexity index is 1040. The van der Waals surface area contributed by atoms with Crippen LogP contribution in [-0.2, 0) is 15.7 Å². The Kier molecular flexibility index (Phi) is 5.43.